The fourth-order valence-corrected chi connectivity index (χ4v) is 3.96. The molecule has 1 aromatic heterocycles. The fourth-order valence-electron chi connectivity index (χ4n) is 2.73. The van der Waals surface area contributed by atoms with Crippen molar-refractivity contribution in [2.45, 2.75) is 12.8 Å². The van der Waals surface area contributed by atoms with E-state index in [0.717, 1.165) is 17.7 Å². The lowest BCUT2D eigenvalue weighted by molar-refractivity contribution is -0.0753. The van der Waals surface area contributed by atoms with Crippen molar-refractivity contribution in [3.8, 4) is 10.4 Å². The largest absolute Gasteiger partial charge is 0.378 e. The van der Waals surface area contributed by atoms with E-state index in [2.05, 4.69) is 23.1 Å². The van der Waals surface area contributed by atoms with E-state index >= 15 is 0 Å². The van der Waals surface area contributed by atoms with Crippen LogP contribution in [-0.4, -0.2) is 39.2 Å². The molecule has 22 heavy (non-hydrogen) atoms. The highest BCUT2D eigenvalue weighted by atomic mass is 32.1. The zero-order valence-electron chi connectivity index (χ0n) is 13.3. The van der Waals surface area contributed by atoms with Gasteiger partial charge in [0, 0.05) is 31.7 Å². The Morgan fingerprint density at radius 2 is 1.86 bits per heavy atom. The Hall–Kier alpha value is -1.85. The van der Waals surface area contributed by atoms with Gasteiger partial charge in [-0.2, -0.15) is 0 Å². The van der Waals surface area contributed by atoms with Crippen LogP contribution in [0.1, 0.15) is 20.8 Å². The molecule has 3 rings (SSSR count). The summed E-state index contributed by atoms with van der Waals surface area (Å²) in [6, 6.07) is 8.60. The van der Waals surface area contributed by atoms with E-state index in [1.807, 2.05) is 20.2 Å². The van der Waals surface area contributed by atoms with Gasteiger partial charge in [-0.05, 0) is 47.7 Å². The van der Waals surface area contributed by atoms with E-state index in [1.54, 1.807) is 18.4 Å². The lowest BCUT2D eigenvalue weighted by atomic mass is 9.91. The minimum atomic E-state index is -0.0905. The Morgan fingerprint density at radius 1 is 1.14 bits per heavy atom. The van der Waals surface area contributed by atoms with E-state index in [-0.39, 0.29) is 5.91 Å². The first-order valence-corrected chi connectivity index (χ1v) is 8.08. The molecule has 0 radical (unpaired) electrons. The molecule has 0 spiro atoms. The summed E-state index contributed by atoms with van der Waals surface area (Å²) < 4.78 is 0. The van der Waals surface area contributed by atoms with Crippen LogP contribution >= 0.6 is 11.3 Å². The third-order valence-electron chi connectivity index (χ3n) is 4.10. The van der Waals surface area contributed by atoms with Gasteiger partial charge in [-0.15, -0.1) is 11.3 Å². The number of thiophene rings is 1. The van der Waals surface area contributed by atoms with Gasteiger partial charge in [-0.25, -0.2) is 5.06 Å². The van der Waals surface area contributed by atoms with Gasteiger partial charge in [0.05, 0.1) is 12.0 Å². The van der Waals surface area contributed by atoms with Crippen molar-refractivity contribution >= 4 is 22.9 Å². The molecule has 1 aromatic carbocycles. The van der Waals surface area contributed by atoms with Crippen LogP contribution in [0.3, 0.4) is 0 Å². The predicted octanol–water partition coefficient (Wildman–Crippen LogP) is 3.21. The minimum Gasteiger partial charge on any atom is -0.378 e. The lowest BCUT2D eigenvalue weighted by Crippen LogP contribution is -2.24. The number of fused-ring (bicyclic) bond motifs is 3. The summed E-state index contributed by atoms with van der Waals surface area (Å²) in [6.07, 6.45) is 2.02. The van der Waals surface area contributed by atoms with Gasteiger partial charge >= 0.3 is 0 Å². The molecule has 116 valence electrons. The first kappa shape index (κ1) is 15.1. The molecule has 0 atom stereocenters. The maximum atomic E-state index is 12.3. The van der Waals surface area contributed by atoms with Crippen LogP contribution in [0.15, 0.2) is 24.3 Å². The minimum absolute atomic E-state index is 0.0905. The molecular formula is C17H20N2O2S. The van der Waals surface area contributed by atoms with E-state index in [9.17, 15) is 4.79 Å². The number of carbonyl (C=O) groups is 1. The van der Waals surface area contributed by atoms with Crippen molar-refractivity contribution in [3.05, 3.63) is 40.3 Å². The van der Waals surface area contributed by atoms with Crippen LogP contribution in [0.4, 0.5) is 5.69 Å². The number of aryl methyl sites for hydroxylation is 2. The van der Waals surface area contributed by atoms with Gasteiger partial charge in [0.1, 0.15) is 0 Å². The molecule has 1 amide bonds. The quantitative estimate of drug-likeness (QED) is 0.815. The summed E-state index contributed by atoms with van der Waals surface area (Å²) in [5.41, 5.74) is 5.07. The summed E-state index contributed by atoms with van der Waals surface area (Å²) in [4.78, 5) is 21.3. The Morgan fingerprint density at radius 3 is 2.55 bits per heavy atom. The Bertz CT molecular complexity index is 721. The number of hydrogen-bond donors (Lipinski definition) is 0. The number of nitrogens with zero attached hydrogens (tertiary/aromatic N) is 2. The molecule has 0 bridgehead atoms. The SMILES string of the molecule is CON(C)C(=O)c1cc2c(s1)-c1cc(N(C)C)ccc1CC2. The van der Waals surface area contributed by atoms with Crippen LogP contribution in [0.5, 0.6) is 0 Å². The zero-order valence-corrected chi connectivity index (χ0v) is 14.2. The molecule has 1 aliphatic carbocycles. The van der Waals surface area contributed by atoms with Gasteiger partial charge in [-0.1, -0.05) is 6.07 Å². The summed E-state index contributed by atoms with van der Waals surface area (Å²) in [5.74, 6) is -0.0905. The fraction of sp³-hybridized carbons (Fsp3) is 0.353. The standard InChI is InChI=1S/C17H20N2O2S/c1-18(2)13-8-7-11-5-6-12-9-15(17(20)19(3)21-4)22-16(12)14(11)10-13/h7-10H,5-6H2,1-4H3. The van der Waals surface area contributed by atoms with Crippen molar-refractivity contribution in [1.82, 2.24) is 5.06 Å². The van der Waals surface area contributed by atoms with Crippen molar-refractivity contribution in [2.24, 2.45) is 0 Å². The number of carbonyl (C=O) groups excluding carboxylic acids is 1. The molecule has 0 saturated carbocycles. The molecule has 5 heteroatoms. The average molecular weight is 316 g/mol. The monoisotopic (exact) mass is 316 g/mol. The summed E-state index contributed by atoms with van der Waals surface area (Å²) in [7, 11) is 7.23. The summed E-state index contributed by atoms with van der Waals surface area (Å²) in [6.45, 7) is 0. The van der Waals surface area contributed by atoms with Gasteiger partial charge in [0.25, 0.3) is 5.91 Å². The number of amides is 1. The van der Waals surface area contributed by atoms with Crippen molar-refractivity contribution < 1.29 is 9.63 Å². The second kappa shape index (κ2) is 5.74. The van der Waals surface area contributed by atoms with E-state index in [0.29, 0.717) is 0 Å². The molecule has 0 unspecified atom stereocenters. The predicted molar refractivity (Wildman–Crippen MR) is 90.6 cm³/mol. The summed E-state index contributed by atoms with van der Waals surface area (Å²) >= 11 is 1.56. The number of anilines is 1. The highest BCUT2D eigenvalue weighted by molar-refractivity contribution is 7.17. The van der Waals surface area contributed by atoms with E-state index < -0.39 is 0 Å². The second-order valence-corrected chi connectivity index (χ2v) is 6.74. The highest BCUT2D eigenvalue weighted by Crippen LogP contribution is 2.41. The van der Waals surface area contributed by atoms with E-state index in [4.69, 9.17) is 4.84 Å². The normalized spacial score (nSPS) is 12.5. The van der Waals surface area contributed by atoms with Gasteiger partial charge in [0.2, 0.25) is 0 Å². The van der Waals surface area contributed by atoms with Crippen LogP contribution in [0.2, 0.25) is 0 Å². The Balaban J connectivity index is 2.05. The molecule has 2 aromatic rings. The van der Waals surface area contributed by atoms with Gasteiger partial charge in [0.15, 0.2) is 0 Å². The van der Waals surface area contributed by atoms with Crippen LogP contribution in [0.25, 0.3) is 10.4 Å². The highest BCUT2D eigenvalue weighted by Gasteiger charge is 2.23. The first-order valence-electron chi connectivity index (χ1n) is 7.26. The Labute approximate surface area is 134 Å². The maximum absolute atomic E-state index is 12.3. The molecule has 1 aliphatic rings. The smallest absolute Gasteiger partial charge is 0.287 e. The first-order chi connectivity index (χ1) is 10.5. The Kier molecular flexibility index (Phi) is 3.93. The van der Waals surface area contributed by atoms with Crippen LogP contribution in [0, 0.1) is 0 Å². The molecule has 0 saturated heterocycles. The zero-order chi connectivity index (χ0) is 15.9. The van der Waals surface area contributed by atoms with Crippen molar-refractivity contribution in [2.75, 3.05) is 33.2 Å². The molecule has 0 aliphatic heterocycles. The van der Waals surface area contributed by atoms with Crippen molar-refractivity contribution in [1.29, 1.82) is 0 Å². The molecule has 0 fully saturated rings. The topological polar surface area (TPSA) is 32.8 Å². The van der Waals surface area contributed by atoms with Crippen LogP contribution < -0.4 is 4.90 Å². The molecule has 1 heterocycles. The number of rotatable bonds is 3. The van der Waals surface area contributed by atoms with Gasteiger partial charge in [-0.3, -0.25) is 9.63 Å². The maximum Gasteiger partial charge on any atom is 0.287 e. The van der Waals surface area contributed by atoms with Crippen molar-refractivity contribution in [3.63, 3.8) is 0 Å². The molecule has 0 N–H and O–H groups in total. The molecular weight excluding hydrogens is 296 g/mol. The number of benzene rings is 1. The van der Waals surface area contributed by atoms with E-state index in [1.165, 1.54) is 39.4 Å². The molecule has 4 nitrogen and oxygen atoms in total. The van der Waals surface area contributed by atoms with Crippen LogP contribution in [-0.2, 0) is 17.7 Å². The third-order valence-corrected chi connectivity index (χ3v) is 5.30. The number of hydroxylamine groups is 2. The average Bonchev–Trinajstić information content (AvgIpc) is 2.97. The lowest BCUT2D eigenvalue weighted by Gasteiger charge is -2.20. The number of hydrogen-bond acceptors (Lipinski definition) is 4. The second-order valence-electron chi connectivity index (χ2n) is 5.69. The third kappa shape index (κ3) is 2.51. The van der Waals surface area contributed by atoms with Gasteiger partial charge < -0.3 is 4.90 Å². The summed E-state index contributed by atoms with van der Waals surface area (Å²) in [5, 5.41) is 1.27.